The number of carbonyl (C=O) groups excluding carboxylic acids is 4. The van der Waals surface area contributed by atoms with Gasteiger partial charge in [0.2, 0.25) is 25.1 Å². The summed E-state index contributed by atoms with van der Waals surface area (Å²) in [5.41, 5.74) is 0. The van der Waals surface area contributed by atoms with Crippen LogP contribution in [-0.4, -0.2) is 52.6 Å². The molecule has 0 aliphatic rings. The SMILES string of the molecule is O.O=CC(C=O)[N+](=O)[O-].O=CC(C=O)[N+](=O)[O-].[H-].[Na+]. The molecule has 0 aliphatic carbocycles. The molecule has 0 bridgehead atoms. The molecule has 0 amide bonds. The predicted molar refractivity (Wildman–Crippen MR) is 50.5 cm³/mol. The van der Waals surface area contributed by atoms with Gasteiger partial charge in [0.15, 0.2) is 0 Å². The summed E-state index contributed by atoms with van der Waals surface area (Å²) in [7, 11) is 0. The third kappa shape index (κ3) is 12.5. The number of aldehydes is 4. The van der Waals surface area contributed by atoms with Crippen molar-refractivity contribution in [2.75, 3.05) is 0 Å². The topological polar surface area (TPSA) is 186 Å². The second-order valence-electron chi connectivity index (χ2n) is 2.10. The average Bonchev–Trinajstić information content (AvgIpc) is 2.21. The van der Waals surface area contributed by atoms with E-state index in [2.05, 4.69) is 0 Å². The minimum absolute atomic E-state index is 0. The maximum absolute atomic E-state index is 9.50. The van der Waals surface area contributed by atoms with Gasteiger partial charge < -0.3 is 6.90 Å². The van der Waals surface area contributed by atoms with Gasteiger partial charge in [0.25, 0.3) is 0 Å². The second kappa shape index (κ2) is 15.4. The van der Waals surface area contributed by atoms with Crippen LogP contribution in [0.4, 0.5) is 0 Å². The van der Waals surface area contributed by atoms with Gasteiger partial charge in [0.1, 0.15) is 0 Å². The molecule has 0 aliphatic heterocycles. The van der Waals surface area contributed by atoms with Gasteiger partial charge in [-0.1, -0.05) is 0 Å². The molecule has 0 atom stereocenters. The summed E-state index contributed by atoms with van der Waals surface area (Å²) in [6.45, 7) is 0. The van der Waals surface area contributed by atoms with E-state index in [9.17, 15) is 39.4 Å². The van der Waals surface area contributed by atoms with Crippen molar-refractivity contribution in [2.24, 2.45) is 0 Å². The van der Waals surface area contributed by atoms with E-state index in [-0.39, 0.29) is 61.6 Å². The summed E-state index contributed by atoms with van der Waals surface area (Å²) in [6, 6.07) is -3.37. The van der Waals surface area contributed by atoms with Crippen molar-refractivity contribution in [3.63, 3.8) is 0 Å². The fourth-order valence-corrected chi connectivity index (χ4v) is 0.263. The van der Waals surface area contributed by atoms with Crippen molar-refractivity contribution in [2.45, 2.75) is 12.1 Å². The molecule has 2 N–H and O–H groups in total. The molecule has 0 aromatic carbocycles. The molecule has 0 rings (SSSR count). The Morgan fingerprint density at radius 2 is 0.944 bits per heavy atom. The summed E-state index contributed by atoms with van der Waals surface area (Å²) in [5.74, 6) is 0. The van der Waals surface area contributed by atoms with Crippen LogP contribution in [0.15, 0.2) is 0 Å². The molecule has 0 aromatic rings. The Balaban J connectivity index is -0.0000000594. The van der Waals surface area contributed by atoms with Gasteiger partial charge in [-0.3, -0.25) is 39.4 Å². The Labute approximate surface area is 123 Å². The van der Waals surface area contributed by atoms with Crippen molar-refractivity contribution in [1.82, 2.24) is 0 Å². The van der Waals surface area contributed by atoms with Crippen molar-refractivity contribution < 1.29 is 65.5 Å². The van der Waals surface area contributed by atoms with Gasteiger partial charge >= 0.3 is 41.6 Å². The Kier molecular flexibility index (Phi) is 21.7. The third-order valence-electron chi connectivity index (χ3n) is 1.04. The average molecular weight is 276 g/mol. The minimum atomic E-state index is -1.69. The van der Waals surface area contributed by atoms with Gasteiger partial charge in [0, 0.05) is 9.85 Å². The smallest absolute Gasteiger partial charge is 1.00 e. The molecule has 0 fully saturated rings. The number of nitrogens with zero attached hydrogens (tertiary/aromatic N) is 2. The van der Waals surface area contributed by atoms with E-state index >= 15 is 0 Å². The number of rotatable bonds is 6. The molecular formula is C6H9N2NaO9. The molecule has 98 valence electrons. The maximum atomic E-state index is 9.50. The molecular weight excluding hydrogens is 267 g/mol. The molecule has 18 heavy (non-hydrogen) atoms. The van der Waals surface area contributed by atoms with Crippen LogP contribution in [-0.2, 0) is 19.2 Å². The molecule has 0 aromatic heterocycles. The molecule has 11 nitrogen and oxygen atoms in total. The molecule has 0 radical (unpaired) electrons. The van der Waals surface area contributed by atoms with E-state index in [4.69, 9.17) is 0 Å². The van der Waals surface area contributed by atoms with E-state index in [0.717, 1.165) is 0 Å². The molecule has 12 heteroatoms. The van der Waals surface area contributed by atoms with Crippen LogP contribution >= 0.6 is 0 Å². The molecule has 0 heterocycles. The first kappa shape index (κ1) is 25.3. The first-order valence-electron chi connectivity index (χ1n) is 3.52. The minimum Gasteiger partial charge on any atom is -1.00 e. The Bertz CT molecular complexity index is 267. The summed E-state index contributed by atoms with van der Waals surface area (Å²) >= 11 is 0. The van der Waals surface area contributed by atoms with Crippen molar-refractivity contribution in [3.05, 3.63) is 20.2 Å². The zero-order valence-electron chi connectivity index (χ0n) is 10.1. The van der Waals surface area contributed by atoms with E-state index in [1.807, 2.05) is 0 Å². The van der Waals surface area contributed by atoms with Gasteiger partial charge in [-0.15, -0.1) is 0 Å². The summed E-state index contributed by atoms with van der Waals surface area (Å²) in [5, 5.41) is 19.0. The number of carbonyl (C=O) groups is 4. The van der Waals surface area contributed by atoms with E-state index in [1.54, 1.807) is 0 Å². The second-order valence-corrected chi connectivity index (χ2v) is 2.10. The van der Waals surface area contributed by atoms with Crippen LogP contribution in [0.1, 0.15) is 1.43 Å². The Morgan fingerprint density at radius 1 is 0.778 bits per heavy atom. The first-order valence-corrected chi connectivity index (χ1v) is 3.52. The van der Waals surface area contributed by atoms with Crippen molar-refractivity contribution in [3.8, 4) is 0 Å². The number of hydrogen-bond donors (Lipinski definition) is 0. The van der Waals surface area contributed by atoms with Crippen LogP contribution < -0.4 is 29.6 Å². The zero-order chi connectivity index (χ0) is 13.1. The van der Waals surface area contributed by atoms with Gasteiger partial charge in [-0.25, -0.2) is 0 Å². The number of nitro groups is 2. The standard InChI is InChI=1S/2C3H3NO4.Na.H2O.H/c2*5-1-3(2-6)4(7)8;;;/h2*1-3H;;1H2;/q;;+1;;-1. The monoisotopic (exact) mass is 276 g/mol. The van der Waals surface area contributed by atoms with E-state index in [0.29, 0.717) is 0 Å². The largest absolute Gasteiger partial charge is 1.00 e. The first-order chi connectivity index (χ1) is 7.44. The van der Waals surface area contributed by atoms with Crippen LogP contribution in [0.5, 0.6) is 0 Å². The van der Waals surface area contributed by atoms with Crippen LogP contribution in [0.25, 0.3) is 0 Å². The van der Waals surface area contributed by atoms with Crippen LogP contribution in [0, 0.1) is 20.2 Å². The Morgan fingerprint density at radius 3 is 0.944 bits per heavy atom. The van der Waals surface area contributed by atoms with Gasteiger partial charge in [-0.2, -0.15) is 0 Å². The fraction of sp³-hybridized carbons (Fsp3) is 0.333. The molecule has 0 saturated carbocycles. The molecule has 0 spiro atoms. The number of hydrogen-bond acceptors (Lipinski definition) is 8. The fourth-order valence-electron chi connectivity index (χ4n) is 0.263. The quantitative estimate of drug-likeness (QED) is 0.151. The Hall–Kier alpha value is -1.56. The van der Waals surface area contributed by atoms with Crippen LogP contribution in [0.3, 0.4) is 0 Å². The summed E-state index contributed by atoms with van der Waals surface area (Å²) in [4.78, 5) is 55.1. The van der Waals surface area contributed by atoms with Gasteiger partial charge in [-0.05, 0) is 0 Å². The summed E-state index contributed by atoms with van der Waals surface area (Å²) in [6.07, 6.45) is -0.0833. The third-order valence-corrected chi connectivity index (χ3v) is 1.04. The summed E-state index contributed by atoms with van der Waals surface area (Å²) < 4.78 is 0. The predicted octanol–water partition coefficient (Wildman–Crippen LogP) is -5.65. The normalized spacial score (nSPS) is 7.67. The van der Waals surface area contributed by atoms with Crippen molar-refractivity contribution >= 4 is 25.1 Å². The van der Waals surface area contributed by atoms with E-state index < -0.39 is 21.9 Å². The molecule has 0 unspecified atom stereocenters. The van der Waals surface area contributed by atoms with E-state index in [1.165, 1.54) is 0 Å². The van der Waals surface area contributed by atoms with Crippen LogP contribution in [0.2, 0.25) is 0 Å². The van der Waals surface area contributed by atoms with Crippen molar-refractivity contribution in [1.29, 1.82) is 0 Å². The zero-order valence-corrected chi connectivity index (χ0v) is 11.1. The molecule has 0 saturated heterocycles. The maximum Gasteiger partial charge on any atom is 1.00 e. The van der Waals surface area contributed by atoms with Gasteiger partial charge in [0.05, 0.1) is 0 Å².